The molecule has 1 aliphatic carbocycles. The number of rotatable bonds is 4. The molecule has 0 aromatic heterocycles. The average Bonchev–Trinajstić information content (AvgIpc) is 2.65. The van der Waals surface area contributed by atoms with Gasteiger partial charge in [0.2, 0.25) is 0 Å². The van der Waals surface area contributed by atoms with Gasteiger partial charge >= 0.3 is 0 Å². The first-order valence-electron chi connectivity index (χ1n) is 4.45. The van der Waals surface area contributed by atoms with Crippen LogP contribution in [-0.4, -0.2) is 11.2 Å². The van der Waals surface area contributed by atoms with Gasteiger partial charge in [0, 0.05) is 0 Å². The van der Waals surface area contributed by atoms with Crippen molar-refractivity contribution in [3.8, 4) is 0 Å². The van der Waals surface area contributed by atoms with E-state index in [0.29, 0.717) is 5.92 Å². The highest BCUT2D eigenvalue weighted by atomic mass is 16.3. The Hall–Kier alpha value is -0.300. The molecule has 0 aromatic carbocycles. The molecular formula is C10H18O. The van der Waals surface area contributed by atoms with Crippen LogP contribution in [0.15, 0.2) is 12.7 Å². The fraction of sp³-hybridized carbons (Fsp3) is 0.800. The molecule has 0 spiro atoms. The third-order valence-electron chi connectivity index (χ3n) is 2.43. The third-order valence-corrected chi connectivity index (χ3v) is 2.43. The Balaban J connectivity index is 2.20. The minimum atomic E-state index is -0.251. The molecule has 1 heteroatoms. The second-order valence-electron chi connectivity index (χ2n) is 4.02. The predicted octanol–water partition coefficient (Wildman–Crippen LogP) is 2.22. The Labute approximate surface area is 69.1 Å². The summed E-state index contributed by atoms with van der Waals surface area (Å²) in [5, 5.41) is 9.36. The Morgan fingerprint density at radius 3 is 2.73 bits per heavy atom. The minimum absolute atomic E-state index is 0.251. The first-order valence-corrected chi connectivity index (χ1v) is 4.45. The molecule has 11 heavy (non-hydrogen) atoms. The highest BCUT2D eigenvalue weighted by molar-refractivity contribution is 4.98. The van der Waals surface area contributed by atoms with Gasteiger partial charge in [-0.05, 0) is 30.6 Å². The molecule has 0 bridgehead atoms. The van der Waals surface area contributed by atoms with Crippen molar-refractivity contribution in [3.63, 3.8) is 0 Å². The van der Waals surface area contributed by atoms with Crippen LogP contribution < -0.4 is 0 Å². The van der Waals surface area contributed by atoms with Crippen molar-refractivity contribution in [2.45, 2.75) is 32.8 Å². The van der Waals surface area contributed by atoms with Gasteiger partial charge in [0.25, 0.3) is 0 Å². The van der Waals surface area contributed by atoms with Crippen molar-refractivity contribution in [3.05, 3.63) is 12.7 Å². The first kappa shape index (κ1) is 8.79. The van der Waals surface area contributed by atoms with Gasteiger partial charge in [-0.25, -0.2) is 0 Å². The van der Waals surface area contributed by atoms with Crippen molar-refractivity contribution in [1.29, 1.82) is 0 Å². The van der Waals surface area contributed by atoms with Gasteiger partial charge in [-0.1, -0.05) is 19.9 Å². The quantitative estimate of drug-likeness (QED) is 0.615. The average molecular weight is 154 g/mol. The summed E-state index contributed by atoms with van der Waals surface area (Å²) >= 11 is 0. The Kier molecular flexibility index (Phi) is 2.72. The van der Waals surface area contributed by atoms with Gasteiger partial charge in [-0.2, -0.15) is 0 Å². The van der Waals surface area contributed by atoms with Gasteiger partial charge in [0.15, 0.2) is 0 Å². The van der Waals surface area contributed by atoms with Crippen LogP contribution in [0.2, 0.25) is 0 Å². The van der Waals surface area contributed by atoms with Crippen molar-refractivity contribution < 1.29 is 5.11 Å². The maximum atomic E-state index is 9.36. The lowest BCUT2D eigenvalue weighted by Gasteiger charge is -2.05. The molecule has 1 rings (SSSR count). The molecule has 1 saturated carbocycles. The summed E-state index contributed by atoms with van der Waals surface area (Å²) in [7, 11) is 0. The molecule has 0 radical (unpaired) electrons. The Morgan fingerprint density at radius 1 is 1.64 bits per heavy atom. The van der Waals surface area contributed by atoms with Crippen LogP contribution in [0.25, 0.3) is 0 Å². The van der Waals surface area contributed by atoms with Crippen LogP contribution >= 0.6 is 0 Å². The van der Waals surface area contributed by atoms with Crippen LogP contribution in [0.4, 0.5) is 0 Å². The van der Waals surface area contributed by atoms with E-state index in [1.807, 2.05) is 0 Å². The SMILES string of the molecule is C=CC(O)[C@@H]1C[C@H]1CC(C)C. The summed E-state index contributed by atoms with van der Waals surface area (Å²) < 4.78 is 0. The van der Waals surface area contributed by atoms with Gasteiger partial charge in [-0.3, -0.25) is 0 Å². The van der Waals surface area contributed by atoms with Crippen LogP contribution in [0.3, 0.4) is 0 Å². The standard InChI is InChI=1S/C10H18O/c1-4-10(11)9-6-8(9)5-7(2)3/h4,7-11H,1,5-6H2,2-3H3/t8-,9-,10?/m1/s1. The summed E-state index contributed by atoms with van der Waals surface area (Å²) in [6.07, 6.45) is 3.87. The van der Waals surface area contributed by atoms with Gasteiger partial charge in [0.1, 0.15) is 0 Å². The zero-order valence-corrected chi connectivity index (χ0v) is 7.46. The fourth-order valence-corrected chi connectivity index (χ4v) is 1.74. The molecule has 1 fully saturated rings. The lowest BCUT2D eigenvalue weighted by atomic mass is 10.0. The van der Waals surface area contributed by atoms with Crippen LogP contribution in [0.1, 0.15) is 26.7 Å². The molecule has 0 saturated heterocycles. The molecular weight excluding hydrogens is 136 g/mol. The van der Waals surface area contributed by atoms with E-state index >= 15 is 0 Å². The minimum Gasteiger partial charge on any atom is -0.389 e. The molecule has 1 N–H and O–H groups in total. The lowest BCUT2D eigenvalue weighted by Crippen LogP contribution is -2.06. The maximum absolute atomic E-state index is 9.36. The van der Waals surface area contributed by atoms with Crippen molar-refractivity contribution in [1.82, 2.24) is 0 Å². The van der Waals surface area contributed by atoms with E-state index in [2.05, 4.69) is 20.4 Å². The van der Waals surface area contributed by atoms with Gasteiger partial charge in [-0.15, -0.1) is 6.58 Å². The summed E-state index contributed by atoms with van der Waals surface area (Å²) in [6.45, 7) is 8.05. The van der Waals surface area contributed by atoms with E-state index in [-0.39, 0.29) is 6.10 Å². The van der Waals surface area contributed by atoms with Crippen molar-refractivity contribution in [2.75, 3.05) is 0 Å². The van der Waals surface area contributed by atoms with Gasteiger partial charge in [0.05, 0.1) is 6.10 Å². The number of hydrogen-bond acceptors (Lipinski definition) is 1. The lowest BCUT2D eigenvalue weighted by molar-refractivity contribution is 0.190. The number of hydrogen-bond donors (Lipinski definition) is 1. The second kappa shape index (κ2) is 3.40. The van der Waals surface area contributed by atoms with Crippen molar-refractivity contribution >= 4 is 0 Å². The van der Waals surface area contributed by atoms with E-state index in [0.717, 1.165) is 11.8 Å². The molecule has 1 aliphatic rings. The van der Waals surface area contributed by atoms with Crippen LogP contribution in [0, 0.1) is 17.8 Å². The maximum Gasteiger partial charge on any atom is 0.0749 e. The third kappa shape index (κ3) is 2.33. The Bertz CT molecular complexity index is 140. The molecule has 0 amide bonds. The van der Waals surface area contributed by atoms with Crippen LogP contribution in [-0.2, 0) is 0 Å². The van der Waals surface area contributed by atoms with Gasteiger partial charge < -0.3 is 5.11 Å². The zero-order valence-electron chi connectivity index (χ0n) is 7.46. The fourth-order valence-electron chi connectivity index (χ4n) is 1.74. The molecule has 3 atom stereocenters. The summed E-state index contributed by atoms with van der Waals surface area (Å²) in [5.74, 6) is 2.06. The first-order chi connectivity index (χ1) is 5.15. The second-order valence-corrected chi connectivity index (χ2v) is 4.02. The van der Waals surface area contributed by atoms with E-state index in [4.69, 9.17) is 0 Å². The molecule has 1 nitrogen and oxygen atoms in total. The van der Waals surface area contributed by atoms with Crippen LogP contribution in [0.5, 0.6) is 0 Å². The van der Waals surface area contributed by atoms with Crippen molar-refractivity contribution in [2.24, 2.45) is 17.8 Å². The molecule has 1 unspecified atom stereocenters. The molecule has 64 valence electrons. The largest absolute Gasteiger partial charge is 0.389 e. The Morgan fingerprint density at radius 2 is 2.27 bits per heavy atom. The normalized spacial score (nSPS) is 32.0. The number of aliphatic hydroxyl groups is 1. The van der Waals surface area contributed by atoms with E-state index < -0.39 is 0 Å². The van der Waals surface area contributed by atoms with E-state index in [1.54, 1.807) is 6.08 Å². The number of aliphatic hydroxyl groups excluding tert-OH is 1. The molecule has 0 heterocycles. The topological polar surface area (TPSA) is 20.2 Å². The summed E-state index contributed by atoms with van der Waals surface area (Å²) in [5.41, 5.74) is 0. The predicted molar refractivity (Wildman–Crippen MR) is 47.3 cm³/mol. The summed E-state index contributed by atoms with van der Waals surface area (Å²) in [4.78, 5) is 0. The highest BCUT2D eigenvalue weighted by Crippen LogP contribution is 2.45. The van der Waals surface area contributed by atoms with E-state index in [9.17, 15) is 5.11 Å². The summed E-state index contributed by atoms with van der Waals surface area (Å²) in [6, 6.07) is 0. The molecule has 0 aliphatic heterocycles. The van der Waals surface area contributed by atoms with E-state index in [1.165, 1.54) is 12.8 Å². The zero-order chi connectivity index (χ0) is 8.43. The monoisotopic (exact) mass is 154 g/mol. The molecule has 0 aromatic rings. The highest BCUT2D eigenvalue weighted by Gasteiger charge is 2.40. The smallest absolute Gasteiger partial charge is 0.0749 e.